The van der Waals surface area contributed by atoms with E-state index in [1.54, 1.807) is 12.1 Å². The van der Waals surface area contributed by atoms with Gasteiger partial charge in [0, 0.05) is 31.1 Å². The summed E-state index contributed by atoms with van der Waals surface area (Å²) in [6, 6.07) is 24.7. The summed E-state index contributed by atoms with van der Waals surface area (Å²) in [6.45, 7) is -2.30. The number of fused-ring (bicyclic) bond motifs is 3. The first-order valence-electron chi connectivity index (χ1n) is 18.4. The highest BCUT2D eigenvalue weighted by Gasteiger charge is 2.36. The molecule has 0 bridgehead atoms. The van der Waals surface area contributed by atoms with E-state index in [-0.39, 0.29) is 38.2 Å². The summed E-state index contributed by atoms with van der Waals surface area (Å²) in [5, 5.41) is 94.6. The maximum absolute atomic E-state index is 13.7. The van der Waals surface area contributed by atoms with Gasteiger partial charge in [-0.1, -0.05) is 78.9 Å². The lowest BCUT2D eigenvalue weighted by Gasteiger charge is -2.28. The van der Waals surface area contributed by atoms with E-state index in [0.717, 1.165) is 42.0 Å². The Hall–Kier alpha value is -4.61. The van der Waals surface area contributed by atoms with Crippen molar-refractivity contribution in [1.29, 1.82) is 0 Å². The van der Waals surface area contributed by atoms with Crippen LogP contribution in [0.15, 0.2) is 78.9 Å². The Balaban J connectivity index is 1.27. The third kappa shape index (κ3) is 20.5. The minimum atomic E-state index is -1.75. The second kappa shape index (κ2) is 33.0. The van der Waals surface area contributed by atoms with Crippen LogP contribution in [0, 0.1) is 11.3 Å². The van der Waals surface area contributed by atoms with Crippen LogP contribution < -0.4 is 0 Å². The lowest BCUT2D eigenvalue weighted by Crippen LogP contribution is -2.38. The van der Waals surface area contributed by atoms with Gasteiger partial charge in [-0.05, 0) is 145 Å². The molecule has 0 heterocycles. The van der Waals surface area contributed by atoms with Gasteiger partial charge in [0.2, 0.25) is 0 Å². The van der Waals surface area contributed by atoms with Gasteiger partial charge in [0.25, 0.3) is 0 Å². The maximum Gasteiger partial charge on any atom is 0.306 e. The van der Waals surface area contributed by atoms with Gasteiger partial charge in [-0.25, -0.2) is 19.6 Å². The summed E-state index contributed by atoms with van der Waals surface area (Å²) >= 11 is 0. The van der Waals surface area contributed by atoms with Crippen molar-refractivity contribution in [3.05, 3.63) is 95.6 Å². The van der Waals surface area contributed by atoms with Crippen LogP contribution in [0.2, 0.25) is 0 Å². The van der Waals surface area contributed by atoms with Gasteiger partial charge in [-0.3, -0.25) is 14.4 Å². The van der Waals surface area contributed by atoms with Crippen molar-refractivity contribution in [2.45, 2.75) is 38.0 Å². The average molecular weight is 957 g/mol. The van der Waals surface area contributed by atoms with Crippen molar-refractivity contribution in [3.8, 4) is 11.1 Å². The molecular weight excluding hydrogens is 916 g/mol. The molecule has 0 saturated carbocycles. The van der Waals surface area contributed by atoms with Gasteiger partial charge < -0.3 is 9.84 Å². The predicted molar refractivity (Wildman–Crippen MR) is 186 cm³/mol. The van der Waals surface area contributed by atoms with E-state index in [9.17, 15) is 19.5 Å². The van der Waals surface area contributed by atoms with Crippen LogP contribution >= 0.6 is 0 Å². The van der Waals surface area contributed by atoms with Crippen molar-refractivity contribution >= 4 is 17.5 Å². The van der Waals surface area contributed by atoms with E-state index < -0.39 is 55.1 Å². The Bertz CT molecular complexity index is 1710. The molecule has 0 fully saturated rings. The summed E-state index contributed by atoms with van der Waals surface area (Å²) in [5.74, 6) is -2.65. The molecule has 1 atom stereocenters. The molecule has 1 N–H and O–H groups in total. The molecule has 4 rings (SSSR count). The molecule has 0 spiro atoms. The smallest absolute Gasteiger partial charge is 0.306 e. The van der Waals surface area contributed by atoms with E-state index in [2.05, 4.69) is 121 Å². The fourth-order valence-corrected chi connectivity index (χ4v) is 5.94. The molecular formula is C35H40O31. The van der Waals surface area contributed by atoms with E-state index >= 15 is 0 Å². The zero-order chi connectivity index (χ0) is 46.9. The minimum Gasteiger partial charge on any atom is -0.465 e. The Morgan fingerprint density at radius 2 is 0.970 bits per heavy atom. The second-order valence-corrected chi connectivity index (χ2v) is 12.7. The fourth-order valence-electron chi connectivity index (χ4n) is 5.94. The highest BCUT2D eigenvalue weighted by atomic mass is 18.0. The molecule has 66 heavy (non-hydrogen) atoms. The molecule has 1 aliphatic rings. The summed E-state index contributed by atoms with van der Waals surface area (Å²) in [4.78, 5) is 58.0. The van der Waals surface area contributed by atoms with Crippen LogP contribution in [0.1, 0.15) is 48.3 Å². The summed E-state index contributed by atoms with van der Waals surface area (Å²) in [5.41, 5.74) is 3.20. The van der Waals surface area contributed by atoms with Gasteiger partial charge in [-0.2, -0.15) is 0 Å². The molecule has 1 aliphatic carbocycles. The van der Waals surface area contributed by atoms with Gasteiger partial charge in [-0.15, -0.1) is 0 Å². The van der Waals surface area contributed by atoms with Gasteiger partial charge >= 0.3 is 5.97 Å². The maximum atomic E-state index is 13.7. The summed E-state index contributed by atoms with van der Waals surface area (Å²) in [7, 11) is 2.15. The monoisotopic (exact) mass is 956 g/mol. The van der Waals surface area contributed by atoms with Crippen molar-refractivity contribution in [2.75, 3.05) is 40.6 Å². The Morgan fingerprint density at radius 1 is 0.545 bits per heavy atom. The number of Topliss-reactive ketones (excluding diaryl/α,β-unsaturated/α-hetero) is 2. The largest absolute Gasteiger partial charge is 0.465 e. The number of aliphatic hydroxyl groups is 1. The number of hydrogen-bond donors (Lipinski definition) is 1. The van der Waals surface area contributed by atoms with Crippen LogP contribution in [0.4, 0.5) is 0 Å². The number of ether oxygens (including phenoxy) is 1. The quantitative estimate of drug-likeness (QED) is 0.0368. The van der Waals surface area contributed by atoms with Crippen LogP contribution in [-0.4, -0.2) is 63.3 Å². The van der Waals surface area contributed by atoms with Gasteiger partial charge in [0.1, 0.15) is 18.2 Å². The Labute approximate surface area is 368 Å². The molecule has 0 aromatic heterocycles. The third-order valence-corrected chi connectivity index (χ3v) is 8.64. The Morgan fingerprint density at radius 3 is 1.42 bits per heavy atom. The number of rotatable bonds is 41. The SMILES string of the molecule is COOOOOOOOOOOOOCC(CO)(COOOOOOOOOOOOOC)CC(=O)CCC(=O)C(CC(=O)OCC1c2ccccc2-c2ccccc21)Cc1ccccc1. The first-order chi connectivity index (χ1) is 32.4. The molecule has 3 aromatic rings. The van der Waals surface area contributed by atoms with Crippen molar-refractivity contribution in [3.63, 3.8) is 0 Å². The number of carbonyl (C=O) groups is 3. The zero-order valence-corrected chi connectivity index (χ0v) is 34.2. The van der Waals surface area contributed by atoms with Crippen molar-refractivity contribution in [2.24, 2.45) is 11.3 Å². The number of esters is 1. The molecule has 0 amide bonds. The summed E-state index contributed by atoms with van der Waals surface area (Å²) < 4.78 is 5.79. The second-order valence-electron chi connectivity index (χ2n) is 12.7. The highest BCUT2D eigenvalue weighted by Crippen LogP contribution is 2.44. The van der Waals surface area contributed by atoms with Crippen LogP contribution in [0.3, 0.4) is 0 Å². The molecule has 1 unspecified atom stereocenters. The fraction of sp³-hybridized carbons (Fsp3) is 0.400. The van der Waals surface area contributed by atoms with Gasteiger partial charge in [0.15, 0.2) is 0 Å². The Kier molecular flexibility index (Phi) is 27.0. The first-order valence-corrected chi connectivity index (χ1v) is 18.4. The molecule has 0 radical (unpaired) electrons. The number of carbonyl (C=O) groups excluding carboxylic acids is 3. The molecule has 3 aromatic carbocycles. The van der Waals surface area contributed by atoms with Gasteiger partial charge in [0.05, 0.1) is 45.9 Å². The molecule has 31 heteroatoms. The van der Waals surface area contributed by atoms with Crippen LogP contribution in [0.5, 0.6) is 0 Å². The lowest BCUT2D eigenvalue weighted by molar-refractivity contribution is -0.870. The van der Waals surface area contributed by atoms with E-state index in [1.807, 2.05) is 66.7 Å². The summed E-state index contributed by atoms with van der Waals surface area (Å²) in [6.07, 6.45) is -1.31. The molecule has 0 aliphatic heterocycles. The number of benzene rings is 3. The zero-order valence-electron chi connectivity index (χ0n) is 34.2. The van der Waals surface area contributed by atoms with Crippen molar-refractivity contribution < 1.29 is 155 Å². The molecule has 31 nitrogen and oxygen atoms in total. The lowest BCUT2D eigenvalue weighted by atomic mass is 9.83. The van der Waals surface area contributed by atoms with Crippen LogP contribution in [-0.2, 0) is 156 Å². The van der Waals surface area contributed by atoms with E-state index in [4.69, 9.17) is 14.5 Å². The van der Waals surface area contributed by atoms with Crippen molar-refractivity contribution in [1.82, 2.24) is 0 Å². The number of hydrogen-bond acceptors (Lipinski definition) is 31. The molecule has 0 saturated heterocycles. The van der Waals surface area contributed by atoms with E-state index in [0.29, 0.717) is 0 Å². The number of ketones is 2. The predicted octanol–water partition coefficient (Wildman–Crippen LogP) is 3.53. The first kappa shape index (κ1) is 54.0. The van der Waals surface area contributed by atoms with Crippen LogP contribution in [0.25, 0.3) is 11.1 Å². The minimum absolute atomic E-state index is 0.0586. The standard InChI is InChI=1S/C35H40O31/c1-40-45-49-53-57-61-65-63-59-55-51-47-43-23-35(22-36,24-44-48-52-56-60-64-66-62-58-54-50-46-41-2)20-27(37)16-17-33(38)26(18-25-10-4-3-5-11-25)19-34(39)42-21-32-30-14-8-6-12-28(30)29-13-7-9-15-31(29)32/h3-15,26,32,36H,16-24H2,1-2H3. The average Bonchev–Trinajstić information content (AvgIpc) is 3.66. The third-order valence-electron chi connectivity index (χ3n) is 8.64. The van der Waals surface area contributed by atoms with E-state index in [1.165, 1.54) is 0 Å². The normalized spacial score (nSPS) is 12.8. The highest BCUT2D eigenvalue weighted by molar-refractivity contribution is 5.90. The molecule has 366 valence electrons. The topological polar surface area (TPSA) is 321 Å². The number of aliphatic hydroxyl groups excluding tert-OH is 1.